The minimum atomic E-state index is -3.61. The van der Waals surface area contributed by atoms with Crippen molar-refractivity contribution in [2.45, 2.75) is 51.0 Å². The van der Waals surface area contributed by atoms with Crippen LogP contribution in [0.5, 0.6) is 0 Å². The van der Waals surface area contributed by atoms with E-state index in [4.69, 9.17) is 0 Å². The number of benzene rings is 1. The highest BCUT2D eigenvalue weighted by molar-refractivity contribution is 7.89. The van der Waals surface area contributed by atoms with Gasteiger partial charge in [0, 0.05) is 0 Å². The van der Waals surface area contributed by atoms with Crippen molar-refractivity contribution in [2.24, 2.45) is 0 Å². The quantitative estimate of drug-likeness (QED) is 0.841. The Morgan fingerprint density at radius 2 is 1.79 bits per heavy atom. The summed E-state index contributed by atoms with van der Waals surface area (Å²) in [7, 11) is -3.61. The zero-order chi connectivity index (χ0) is 14.7. The summed E-state index contributed by atoms with van der Waals surface area (Å²) in [6.45, 7) is 7.23. The SMILES string of the molecule is CCC(CC)(CO)NS(=O)(=O)c1ccc(C)cc1C. The predicted octanol–water partition coefficient (Wildman–Crippen LogP) is 2.13. The van der Waals surface area contributed by atoms with Crippen molar-refractivity contribution in [1.82, 2.24) is 4.72 Å². The summed E-state index contributed by atoms with van der Waals surface area (Å²) in [5.74, 6) is 0. The second-order valence-electron chi connectivity index (χ2n) is 5.02. The zero-order valence-corrected chi connectivity index (χ0v) is 12.8. The molecule has 0 saturated carbocycles. The lowest BCUT2D eigenvalue weighted by atomic mass is 9.96. The van der Waals surface area contributed by atoms with E-state index in [1.165, 1.54) is 0 Å². The molecule has 0 unspecified atom stereocenters. The third kappa shape index (κ3) is 3.55. The van der Waals surface area contributed by atoms with Gasteiger partial charge in [-0.1, -0.05) is 31.5 Å². The maximum absolute atomic E-state index is 12.4. The van der Waals surface area contributed by atoms with Crippen LogP contribution in [0.1, 0.15) is 37.8 Å². The molecule has 0 heterocycles. The smallest absolute Gasteiger partial charge is 0.241 e. The molecule has 1 rings (SSSR count). The van der Waals surface area contributed by atoms with E-state index < -0.39 is 15.6 Å². The van der Waals surface area contributed by atoms with Gasteiger partial charge in [0.15, 0.2) is 0 Å². The fraction of sp³-hybridized carbons (Fsp3) is 0.571. The van der Waals surface area contributed by atoms with Crippen LogP contribution >= 0.6 is 0 Å². The molecule has 5 heteroatoms. The summed E-state index contributed by atoms with van der Waals surface area (Å²) in [6, 6.07) is 5.23. The fourth-order valence-electron chi connectivity index (χ4n) is 2.09. The number of rotatable bonds is 6. The Kier molecular flexibility index (Phi) is 5.12. The maximum atomic E-state index is 12.4. The van der Waals surface area contributed by atoms with Crippen LogP contribution in [0.3, 0.4) is 0 Å². The number of sulfonamides is 1. The molecule has 0 amide bonds. The van der Waals surface area contributed by atoms with Crippen LogP contribution in [-0.4, -0.2) is 25.7 Å². The van der Waals surface area contributed by atoms with E-state index in [2.05, 4.69) is 4.72 Å². The normalized spacial score (nSPS) is 12.7. The molecule has 0 bridgehead atoms. The molecule has 0 aromatic heterocycles. The molecule has 0 aliphatic carbocycles. The summed E-state index contributed by atoms with van der Waals surface area (Å²) in [4.78, 5) is 0.276. The van der Waals surface area contributed by atoms with E-state index in [0.29, 0.717) is 18.4 Å². The van der Waals surface area contributed by atoms with Crippen molar-refractivity contribution < 1.29 is 13.5 Å². The molecule has 0 saturated heterocycles. The van der Waals surface area contributed by atoms with Gasteiger partial charge in [-0.05, 0) is 38.3 Å². The highest BCUT2D eigenvalue weighted by atomic mass is 32.2. The average Bonchev–Trinajstić information content (AvgIpc) is 2.35. The molecule has 2 N–H and O–H groups in total. The first-order valence-corrected chi connectivity index (χ1v) is 8.00. The molecule has 0 aliphatic heterocycles. The van der Waals surface area contributed by atoms with Crippen molar-refractivity contribution in [3.05, 3.63) is 29.3 Å². The Hall–Kier alpha value is -0.910. The van der Waals surface area contributed by atoms with E-state index in [1.807, 2.05) is 26.8 Å². The second kappa shape index (κ2) is 6.03. The third-order valence-corrected chi connectivity index (χ3v) is 5.37. The molecule has 0 fully saturated rings. The Morgan fingerprint density at radius 3 is 2.21 bits per heavy atom. The Morgan fingerprint density at radius 1 is 1.21 bits per heavy atom. The number of nitrogens with one attached hydrogen (secondary N) is 1. The first-order chi connectivity index (χ1) is 8.80. The standard InChI is InChI=1S/C14H23NO3S/c1-5-14(6-2,10-16)15-19(17,18)13-8-7-11(3)9-12(13)4/h7-9,15-16H,5-6,10H2,1-4H3. The van der Waals surface area contributed by atoms with Gasteiger partial charge in [-0.3, -0.25) is 0 Å². The van der Waals surface area contributed by atoms with Crippen LogP contribution in [0.15, 0.2) is 23.1 Å². The molecular formula is C14H23NO3S. The lowest BCUT2D eigenvalue weighted by molar-refractivity contribution is 0.172. The molecule has 0 atom stereocenters. The molecule has 1 aromatic carbocycles. The van der Waals surface area contributed by atoms with E-state index in [-0.39, 0.29) is 11.5 Å². The number of hydrogen-bond donors (Lipinski definition) is 2. The highest BCUT2D eigenvalue weighted by Crippen LogP contribution is 2.22. The van der Waals surface area contributed by atoms with Crippen molar-refractivity contribution in [3.8, 4) is 0 Å². The maximum Gasteiger partial charge on any atom is 0.241 e. The first-order valence-electron chi connectivity index (χ1n) is 6.52. The van der Waals surface area contributed by atoms with Crippen LogP contribution in [0.4, 0.5) is 0 Å². The zero-order valence-electron chi connectivity index (χ0n) is 12.0. The van der Waals surface area contributed by atoms with Crippen LogP contribution in [-0.2, 0) is 10.0 Å². The molecule has 0 radical (unpaired) electrons. The van der Waals surface area contributed by atoms with E-state index in [1.54, 1.807) is 19.1 Å². The van der Waals surface area contributed by atoms with Gasteiger partial charge < -0.3 is 5.11 Å². The topological polar surface area (TPSA) is 66.4 Å². The minimum absolute atomic E-state index is 0.204. The largest absolute Gasteiger partial charge is 0.394 e. The molecule has 0 spiro atoms. The van der Waals surface area contributed by atoms with Gasteiger partial charge in [0.2, 0.25) is 10.0 Å². The van der Waals surface area contributed by atoms with Gasteiger partial charge in [0.25, 0.3) is 0 Å². The van der Waals surface area contributed by atoms with Crippen LogP contribution in [0, 0.1) is 13.8 Å². The van der Waals surface area contributed by atoms with Crippen molar-refractivity contribution >= 4 is 10.0 Å². The fourth-order valence-corrected chi connectivity index (χ4v) is 3.85. The molecule has 108 valence electrons. The highest BCUT2D eigenvalue weighted by Gasteiger charge is 2.32. The molecular weight excluding hydrogens is 262 g/mol. The van der Waals surface area contributed by atoms with E-state index >= 15 is 0 Å². The lowest BCUT2D eigenvalue weighted by Crippen LogP contribution is -2.50. The van der Waals surface area contributed by atoms with Gasteiger partial charge in [-0.25, -0.2) is 13.1 Å². The summed E-state index contributed by atoms with van der Waals surface area (Å²) in [5.41, 5.74) is 0.957. The monoisotopic (exact) mass is 285 g/mol. The van der Waals surface area contributed by atoms with Crippen LogP contribution in [0.25, 0.3) is 0 Å². The average molecular weight is 285 g/mol. The molecule has 4 nitrogen and oxygen atoms in total. The van der Waals surface area contributed by atoms with Gasteiger partial charge in [0.05, 0.1) is 17.0 Å². The molecule has 1 aromatic rings. The van der Waals surface area contributed by atoms with Crippen molar-refractivity contribution in [1.29, 1.82) is 0 Å². The predicted molar refractivity (Wildman–Crippen MR) is 76.6 cm³/mol. The van der Waals surface area contributed by atoms with Crippen molar-refractivity contribution in [2.75, 3.05) is 6.61 Å². The summed E-state index contributed by atoms with van der Waals surface area (Å²) in [6.07, 6.45) is 1.09. The van der Waals surface area contributed by atoms with Crippen molar-refractivity contribution in [3.63, 3.8) is 0 Å². The Balaban J connectivity index is 3.17. The number of hydrogen-bond acceptors (Lipinski definition) is 3. The van der Waals surface area contributed by atoms with Gasteiger partial charge in [0.1, 0.15) is 0 Å². The Bertz CT molecular complexity index is 525. The van der Waals surface area contributed by atoms with E-state index in [9.17, 15) is 13.5 Å². The number of aliphatic hydroxyl groups is 1. The minimum Gasteiger partial charge on any atom is -0.394 e. The summed E-state index contributed by atoms with van der Waals surface area (Å²) >= 11 is 0. The molecule has 0 aliphatic rings. The van der Waals surface area contributed by atoms with Crippen LogP contribution < -0.4 is 4.72 Å². The van der Waals surface area contributed by atoms with Gasteiger partial charge in [-0.2, -0.15) is 0 Å². The summed E-state index contributed by atoms with van der Waals surface area (Å²) in [5, 5.41) is 9.47. The summed E-state index contributed by atoms with van der Waals surface area (Å²) < 4.78 is 27.5. The number of aliphatic hydroxyl groups excluding tert-OH is 1. The second-order valence-corrected chi connectivity index (χ2v) is 6.67. The Labute approximate surface area is 115 Å². The van der Waals surface area contributed by atoms with E-state index in [0.717, 1.165) is 5.56 Å². The molecule has 19 heavy (non-hydrogen) atoms. The first kappa shape index (κ1) is 16.1. The number of aryl methyl sites for hydroxylation is 2. The third-order valence-electron chi connectivity index (χ3n) is 3.63. The van der Waals surface area contributed by atoms with Gasteiger partial charge >= 0.3 is 0 Å². The van der Waals surface area contributed by atoms with Gasteiger partial charge in [-0.15, -0.1) is 0 Å². The lowest BCUT2D eigenvalue weighted by Gasteiger charge is -2.30. The van der Waals surface area contributed by atoms with Crippen LogP contribution in [0.2, 0.25) is 0 Å².